The minimum atomic E-state index is -3.53. The molecule has 0 bridgehead atoms. The highest BCUT2D eigenvalue weighted by Gasteiger charge is 2.38. The first-order valence-electron chi connectivity index (χ1n) is 14.6. The summed E-state index contributed by atoms with van der Waals surface area (Å²) in [6.45, 7) is 15.8. The number of aliphatic carboxylic acids is 1. The number of carboxylic acids is 1. The van der Waals surface area contributed by atoms with Crippen LogP contribution in [0.5, 0.6) is 5.75 Å². The lowest BCUT2D eigenvalue weighted by molar-refractivity contribution is -0.160. The number of nitrogens with zero attached hydrogens (tertiary/aromatic N) is 1. The van der Waals surface area contributed by atoms with Gasteiger partial charge in [-0.1, -0.05) is 13.3 Å². The van der Waals surface area contributed by atoms with Crippen LogP contribution in [-0.4, -0.2) is 47.8 Å². The predicted octanol–water partition coefficient (Wildman–Crippen LogP) is 6.56. The van der Waals surface area contributed by atoms with E-state index < -0.39 is 38.8 Å². The molecule has 2 aliphatic rings. The Morgan fingerprint density at radius 1 is 1.12 bits per heavy atom. The van der Waals surface area contributed by atoms with Gasteiger partial charge < -0.3 is 14.6 Å². The van der Waals surface area contributed by atoms with Gasteiger partial charge in [-0.25, -0.2) is 17.6 Å². The van der Waals surface area contributed by atoms with E-state index in [1.165, 1.54) is 6.07 Å². The second kappa shape index (κ2) is 11.7. The minimum Gasteiger partial charge on any atom is -0.490 e. The molecule has 41 heavy (non-hydrogen) atoms. The summed E-state index contributed by atoms with van der Waals surface area (Å²) in [5, 5.41) is 9.95. The number of halogens is 1. The van der Waals surface area contributed by atoms with Gasteiger partial charge in [0.05, 0.1) is 17.5 Å². The molecule has 1 unspecified atom stereocenters. The first-order valence-corrected chi connectivity index (χ1v) is 16.1. The molecule has 0 fully saturated rings. The Kier molecular flexibility index (Phi) is 8.94. The smallest absolute Gasteiger partial charge is 0.337 e. The Morgan fingerprint density at radius 2 is 1.80 bits per heavy atom. The van der Waals surface area contributed by atoms with Gasteiger partial charge in [-0.3, -0.25) is 0 Å². The van der Waals surface area contributed by atoms with Crippen molar-refractivity contribution in [2.24, 2.45) is 0 Å². The van der Waals surface area contributed by atoms with Crippen molar-refractivity contribution in [2.45, 2.75) is 111 Å². The Morgan fingerprint density at radius 3 is 2.41 bits per heavy atom. The molecule has 0 aliphatic carbocycles. The monoisotopic (exact) mass is 589 g/mol. The average Bonchev–Trinajstić information content (AvgIpc) is 2.91. The van der Waals surface area contributed by atoms with Gasteiger partial charge in [0.25, 0.3) is 0 Å². The molecule has 226 valence electrons. The first-order chi connectivity index (χ1) is 19.1. The van der Waals surface area contributed by atoms with Gasteiger partial charge >= 0.3 is 5.97 Å². The van der Waals surface area contributed by atoms with Crippen LogP contribution in [0, 0.1) is 26.6 Å². The highest BCUT2D eigenvalue weighted by Crippen LogP contribution is 2.46. The van der Waals surface area contributed by atoms with E-state index in [1.807, 2.05) is 48.5 Å². The minimum absolute atomic E-state index is 0.194. The number of fused-ring (bicyclic) bond motifs is 2. The van der Waals surface area contributed by atoms with Gasteiger partial charge in [-0.2, -0.15) is 4.31 Å². The maximum absolute atomic E-state index is 15.6. The molecule has 2 aliphatic heterocycles. The van der Waals surface area contributed by atoms with Crippen molar-refractivity contribution in [3.05, 3.63) is 50.8 Å². The Balaban J connectivity index is 2.02. The number of ether oxygens (including phenoxy) is 2. The average molecular weight is 590 g/mol. The van der Waals surface area contributed by atoms with Gasteiger partial charge in [0, 0.05) is 24.2 Å². The van der Waals surface area contributed by atoms with E-state index in [0.717, 1.165) is 46.2 Å². The molecule has 0 spiro atoms. The zero-order valence-corrected chi connectivity index (χ0v) is 26.4. The summed E-state index contributed by atoms with van der Waals surface area (Å²) in [4.78, 5) is 12.8. The van der Waals surface area contributed by atoms with Crippen LogP contribution in [0.25, 0.3) is 11.1 Å². The van der Waals surface area contributed by atoms with Crippen LogP contribution in [0.4, 0.5) is 4.39 Å². The zero-order valence-electron chi connectivity index (χ0n) is 25.6. The summed E-state index contributed by atoms with van der Waals surface area (Å²) in [5.74, 6) is -1.35. The van der Waals surface area contributed by atoms with Crippen LogP contribution in [0.1, 0.15) is 98.9 Å². The fourth-order valence-electron chi connectivity index (χ4n) is 6.41. The summed E-state index contributed by atoms with van der Waals surface area (Å²) in [5.41, 5.74) is 5.86. The molecule has 7 nitrogen and oxygen atoms in total. The molecule has 2 aromatic carbocycles. The van der Waals surface area contributed by atoms with E-state index in [9.17, 15) is 18.3 Å². The second-order valence-corrected chi connectivity index (χ2v) is 14.8. The predicted molar refractivity (Wildman–Crippen MR) is 158 cm³/mol. The highest BCUT2D eigenvalue weighted by molar-refractivity contribution is 7.89. The van der Waals surface area contributed by atoms with Crippen molar-refractivity contribution in [3.63, 3.8) is 0 Å². The Labute approximate surface area is 244 Å². The molecule has 2 aromatic rings. The van der Waals surface area contributed by atoms with Crippen LogP contribution >= 0.6 is 0 Å². The van der Waals surface area contributed by atoms with Crippen molar-refractivity contribution in [3.8, 4) is 16.9 Å². The standard InChI is InChI=1S/C32H44FNO6S/c1-9-11-18(2)41(37,38)34-14-13-22-20(4)28(30(31(35)36)40-32(6,7)8)27(21(5)25(22)17-34)24-16-26(33)29-23(19(24)3)12-10-15-39-29/h16,18,30H,9-15,17H2,1-8H3,(H,35,36)/t18?,30-/m0/s1. The lowest BCUT2D eigenvalue weighted by Crippen LogP contribution is -2.41. The molecular weight excluding hydrogens is 545 g/mol. The van der Waals surface area contributed by atoms with Crippen LogP contribution in [0.3, 0.4) is 0 Å². The third-order valence-electron chi connectivity index (χ3n) is 8.49. The van der Waals surface area contributed by atoms with Crippen molar-refractivity contribution >= 4 is 16.0 Å². The third-order valence-corrected chi connectivity index (χ3v) is 10.8. The molecule has 9 heteroatoms. The van der Waals surface area contributed by atoms with E-state index in [-0.39, 0.29) is 12.3 Å². The number of hydrogen-bond donors (Lipinski definition) is 1. The second-order valence-electron chi connectivity index (χ2n) is 12.5. The molecular formula is C32H44FNO6S. The number of carboxylic acid groups (broad SMARTS) is 1. The Hall–Kier alpha value is -2.49. The van der Waals surface area contributed by atoms with Gasteiger partial charge in [0.1, 0.15) is 0 Å². The number of benzene rings is 2. The van der Waals surface area contributed by atoms with Crippen LogP contribution in [0.15, 0.2) is 6.07 Å². The van der Waals surface area contributed by atoms with Crippen LogP contribution in [-0.2, 0) is 38.9 Å². The van der Waals surface area contributed by atoms with E-state index in [0.29, 0.717) is 49.1 Å². The van der Waals surface area contributed by atoms with Crippen LogP contribution < -0.4 is 4.74 Å². The van der Waals surface area contributed by atoms with E-state index >= 15 is 4.39 Å². The van der Waals surface area contributed by atoms with Crippen molar-refractivity contribution in [1.29, 1.82) is 0 Å². The Bertz CT molecular complexity index is 1460. The van der Waals surface area contributed by atoms with Crippen molar-refractivity contribution < 1.29 is 32.2 Å². The highest BCUT2D eigenvalue weighted by atomic mass is 32.2. The lowest BCUT2D eigenvalue weighted by atomic mass is 9.78. The van der Waals surface area contributed by atoms with Gasteiger partial charge in [-0.15, -0.1) is 0 Å². The molecule has 0 saturated heterocycles. The molecule has 2 atom stereocenters. The zero-order chi connectivity index (χ0) is 30.4. The fraction of sp³-hybridized carbons (Fsp3) is 0.594. The lowest BCUT2D eigenvalue weighted by Gasteiger charge is -2.36. The van der Waals surface area contributed by atoms with E-state index in [4.69, 9.17) is 9.47 Å². The van der Waals surface area contributed by atoms with Crippen molar-refractivity contribution in [2.75, 3.05) is 13.2 Å². The summed E-state index contributed by atoms with van der Waals surface area (Å²) < 4.78 is 55.9. The van der Waals surface area contributed by atoms with Crippen molar-refractivity contribution in [1.82, 2.24) is 4.31 Å². The molecule has 0 radical (unpaired) electrons. The molecule has 0 saturated carbocycles. The van der Waals surface area contributed by atoms with Crippen LogP contribution in [0.2, 0.25) is 0 Å². The number of rotatable bonds is 8. The fourth-order valence-corrected chi connectivity index (χ4v) is 8.10. The number of sulfonamides is 1. The maximum Gasteiger partial charge on any atom is 0.337 e. The molecule has 2 heterocycles. The van der Waals surface area contributed by atoms with Gasteiger partial charge in [0.15, 0.2) is 17.7 Å². The normalized spacial score (nSPS) is 17.4. The molecule has 4 rings (SSSR count). The SMILES string of the molecule is CCCC(C)S(=O)(=O)N1CCc2c(C)c([C@H](OC(C)(C)C)C(=O)O)c(-c3cc(F)c4c(c3C)CCCO4)c(C)c2C1. The number of carbonyl (C=O) groups is 1. The van der Waals surface area contributed by atoms with E-state index in [1.54, 1.807) is 11.2 Å². The first kappa shape index (κ1) is 31.4. The van der Waals surface area contributed by atoms with E-state index in [2.05, 4.69) is 0 Å². The maximum atomic E-state index is 15.6. The summed E-state index contributed by atoms with van der Waals surface area (Å²) in [7, 11) is -3.53. The molecule has 0 amide bonds. The molecule has 0 aromatic heterocycles. The summed E-state index contributed by atoms with van der Waals surface area (Å²) >= 11 is 0. The largest absolute Gasteiger partial charge is 0.490 e. The molecule has 1 N–H and O–H groups in total. The van der Waals surface area contributed by atoms with Gasteiger partial charge in [-0.05, 0) is 119 Å². The quantitative estimate of drug-likeness (QED) is 0.375. The summed E-state index contributed by atoms with van der Waals surface area (Å²) in [6, 6.07) is 1.44. The van der Waals surface area contributed by atoms with Gasteiger partial charge in [0.2, 0.25) is 10.0 Å². The summed E-state index contributed by atoms with van der Waals surface area (Å²) in [6.07, 6.45) is 1.93. The number of hydrogen-bond acceptors (Lipinski definition) is 5. The third kappa shape index (κ3) is 5.90. The topological polar surface area (TPSA) is 93.1 Å².